The standard InChI is InChI=1S/C10H14N4S2/c1-15-9-8(13)7(4-11)16-10(9)14-3-2-6(12)5-14/h6H,2-3,5,12-13H2,1H3. The highest BCUT2D eigenvalue weighted by Gasteiger charge is 2.25. The van der Waals surface area contributed by atoms with Crippen molar-refractivity contribution in [2.24, 2.45) is 5.73 Å². The van der Waals surface area contributed by atoms with Gasteiger partial charge in [0, 0.05) is 19.1 Å². The van der Waals surface area contributed by atoms with Crippen molar-refractivity contribution in [3.05, 3.63) is 4.88 Å². The lowest BCUT2D eigenvalue weighted by atomic mass is 10.3. The van der Waals surface area contributed by atoms with Crippen LogP contribution in [0.5, 0.6) is 0 Å². The quantitative estimate of drug-likeness (QED) is 0.781. The van der Waals surface area contributed by atoms with Crippen LogP contribution in [0.25, 0.3) is 0 Å². The summed E-state index contributed by atoms with van der Waals surface area (Å²) in [5, 5.41) is 10.1. The lowest BCUT2D eigenvalue weighted by Crippen LogP contribution is -2.25. The highest BCUT2D eigenvalue weighted by Crippen LogP contribution is 2.44. The van der Waals surface area contributed by atoms with Crippen molar-refractivity contribution in [3.63, 3.8) is 0 Å². The van der Waals surface area contributed by atoms with E-state index < -0.39 is 0 Å². The summed E-state index contributed by atoms with van der Waals surface area (Å²) in [6, 6.07) is 2.39. The van der Waals surface area contributed by atoms with Gasteiger partial charge in [0.1, 0.15) is 15.9 Å². The molecule has 1 unspecified atom stereocenters. The van der Waals surface area contributed by atoms with Crippen LogP contribution in [0.2, 0.25) is 0 Å². The fourth-order valence-corrected chi connectivity index (χ4v) is 3.89. The number of hydrogen-bond donors (Lipinski definition) is 2. The summed E-state index contributed by atoms with van der Waals surface area (Å²) >= 11 is 3.07. The predicted molar refractivity (Wildman–Crippen MR) is 70.0 cm³/mol. The van der Waals surface area contributed by atoms with Crippen LogP contribution in [-0.4, -0.2) is 25.4 Å². The second kappa shape index (κ2) is 4.53. The highest BCUT2D eigenvalue weighted by molar-refractivity contribution is 7.99. The van der Waals surface area contributed by atoms with Crippen LogP contribution in [0.15, 0.2) is 4.90 Å². The van der Waals surface area contributed by atoms with Crippen LogP contribution in [-0.2, 0) is 0 Å². The summed E-state index contributed by atoms with van der Waals surface area (Å²) in [7, 11) is 0. The summed E-state index contributed by atoms with van der Waals surface area (Å²) in [5.41, 5.74) is 12.4. The van der Waals surface area contributed by atoms with Crippen molar-refractivity contribution in [1.82, 2.24) is 0 Å². The number of thioether (sulfide) groups is 1. The van der Waals surface area contributed by atoms with Crippen LogP contribution >= 0.6 is 23.1 Å². The van der Waals surface area contributed by atoms with Crippen molar-refractivity contribution >= 4 is 33.8 Å². The Bertz CT molecular complexity index is 435. The van der Waals surface area contributed by atoms with Crippen LogP contribution in [0.1, 0.15) is 11.3 Å². The molecule has 1 atom stereocenters. The zero-order valence-corrected chi connectivity index (χ0v) is 10.7. The van der Waals surface area contributed by atoms with Crippen molar-refractivity contribution in [3.8, 4) is 6.07 Å². The fourth-order valence-electron chi connectivity index (χ4n) is 1.88. The maximum atomic E-state index is 8.97. The van der Waals surface area contributed by atoms with Gasteiger partial charge in [-0.25, -0.2) is 0 Å². The first-order valence-electron chi connectivity index (χ1n) is 5.04. The molecule has 0 aliphatic carbocycles. The van der Waals surface area contributed by atoms with Gasteiger partial charge < -0.3 is 16.4 Å². The molecule has 0 saturated carbocycles. The largest absolute Gasteiger partial charge is 0.396 e. The first-order valence-corrected chi connectivity index (χ1v) is 7.08. The molecule has 0 bridgehead atoms. The third-order valence-electron chi connectivity index (χ3n) is 2.70. The number of thiophene rings is 1. The minimum Gasteiger partial charge on any atom is -0.396 e. The average molecular weight is 254 g/mol. The Morgan fingerprint density at radius 2 is 2.38 bits per heavy atom. The molecule has 2 heterocycles. The zero-order chi connectivity index (χ0) is 11.7. The molecule has 1 aromatic heterocycles. The van der Waals surface area contributed by atoms with Gasteiger partial charge in [0.15, 0.2) is 0 Å². The molecular weight excluding hydrogens is 240 g/mol. The lowest BCUT2D eigenvalue weighted by Gasteiger charge is -2.17. The third-order valence-corrected chi connectivity index (χ3v) is 4.82. The number of nitriles is 1. The maximum Gasteiger partial charge on any atom is 0.131 e. The van der Waals surface area contributed by atoms with Gasteiger partial charge in [-0.05, 0) is 12.7 Å². The smallest absolute Gasteiger partial charge is 0.131 e. The number of nitrogens with zero attached hydrogens (tertiary/aromatic N) is 2. The molecule has 2 rings (SSSR count). The Balaban J connectivity index is 2.37. The summed E-state index contributed by atoms with van der Waals surface area (Å²) in [5.74, 6) is 0. The summed E-state index contributed by atoms with van der Waals surface area (Å²) in [6.45, 7) is 1.82. The predicted octanol–water partition coefficient (Wildman–Crippen LogP) is 1.46. The molecule has 0 spiro atoms. The molecule has 4 N–H and O–H groups in total. The van der Waals surface area contributed by atoms with Crippen molar-refractivity contribution in [1.29, 1.82) is 5.26 Å². The van der Waals surface area contributed by atoms with E-state index in [1.54, 1.807) is 11.8 Å². The van der Waals surface area contributed by atoms with Crippen molar-refractivity contribution < 1.29 is 0 Å². The number of hydrogen-bond acceptors (Lipinski definition) is 6. The first kappa shape index (κ1) is 11.6. The Kier molecular flexibility index (Phi) is 3.28. The zero-order valence-electron chi connectivity index (χ0n) is 9.06. The van der Waals surface area contributed by atoms with Crippen molar-refractivity contribution in [2.45, 2.75) is 17.4 Å². The normalized spacial score (nSPS) is 20.1. The topological polar surface area (TPSA) is 79.1 Å². The highest BCUT2D eigenvalue weighted by atomic mass is 32.2. The van der Waals surface area contributed by atoms with Gasteiger partial charge in [0.05, 0.1) is 10.6 Å². The molecule has 0 amide bonds. The van der Waals surface area contributed by atoms with Gasteiger partial charge in [-0.3, -0.25) is 0 Å². The number of anilines is 2. The lowest BCUT2D eigenvalue weighted by molar-refractivity contribution is 0.752. The van der Waals surface area contributed by atoms with Crippen LogP contribution in [0.4, 0.5) is 10.7 Å². The number of rotatable bonds is 2. The summed E-state index contributed by atoms with van der Waals surface area (Å²) in [4.78, 5) is 3.87. The minimum atomic E-state index is 0.239. The van der Waals surface area contributed by atoms with Crippen molar-refractivity contribution in [2.75, 3.05) is 30.0 Å². The summed E-state index contributed by atoms with van der Waals surface area (Å²) in [6.07, 6.45) is 2.99. The molecule has 1 aliphatic heterocycles. The molecule has 86 valence electrons. The second-order valence-corrected chi connectivity index (χ2v) is 5.61. The molecule has 1 fully saturated rings. The molecule has 6 heteroatoms. The van der Waals surface area contributed by atoms with Gasteiger partial charge >= 0.3 is 0 Å². The minimum absolute atomic E-state index is 0.239. The Hall–Kier alpha value is -0.900. The SMILES string of the molecule is CSc1c(N2CCC(N)C2)sc(C#N)c1N. The number of nitrogens with two attached hydrogens (primary N) is 2. The van der Waals surface area contributed by atoms with Crippen LogP contribution < -0.4 is 16.4 Å². The van der Waals surface area contributed by atoms with Crippen LogP contribution in [0, 0.1) is 11.3 Å². The van der Waals surface area contributed by atoms with Gasteiger partial charge in [0.2, 0.25) is 0 Å². The molecule has 16 heavy (non-hydrogen) atoms. The maximum absolute atomic E-state index is 8.97. The van der Waals surface area contributed by atoms with Gasteiger partial charge in [0.25, 0.3) is 0 Å². The molecule has 4 nitrogen and oxygen atoms in total. The van der Waals surface area contributed by atoms with E-state index >= 15 is 0 Å². The van der Waals surface area contributed by atoms with E-state index in [0.717, 1.165) is 29.4 Å². The molecule has 1 aliphatic rings. The molecule has 0 aromatic carbocycles. The Morgan fingerprint density at radius 3 is 2.88 bits per heavy atom. The van der Waals surface area contributed by atoms with E-state index in [9.17, 15) is 0 Å². The van der Waals surface area contributed by atoms with E-state index in [-0.39, 0.29) is 6.04 Å². The van der Waals surface area contributed by atoms with Gasteiger partial charge in [-0.1, -0.05) is 0 Å². The van der Waals surface area contributed by atoms with E-state index in [1.807, 2.05) is 6.26 Å². The third kappa shape index (κ3) is 1.86. The molecule has 0 radical (unpaired) electrons. The molecular formula is C10H14N4S2. The average Bonchev–Trinajstić information content (AvgIpc) is 2.82. The monoisotopic (exact) mass is 254 g/mol. The van der Waals surface area contributed by atoms with Crippen LogP contribution in [0.3, 0.4) is 0 Å². The van der Waals surface area contributed by atoms with E-state index in [2.05, 4.69) is 11.0 Å². The second-order valence-electron chi connectivity index (χ2n) is 3.79. The van der Waals surface area contributed by atoms with Gasteiger partial charge in [-0.2, -0.15) is 5.26 Å². The van der Waals surface area contributed by atoms with Gasteiger partial charge in [-0.15, -0.1) is 23.1 Å². The Morgan fingerprint density at radius 1 is 1.62 bits per heavy atom. The Labute approximate surface area is 103 Å². The van der Waals surface area contributed by atoms with E-state index in [4.69, 9.17) is 16.7 Å². The van der Waals surface area contributed by atoms with E-state index in [1.165, 1.54) is 11.3 Å². The molecule has 1 saturated heterocycles. The molecule has 1 aromatic rings. The first-order chi connectivity index (χ1) is 7.67. The van der Waals surface area contributed by atoms with E-state index in [0.29, 0.717) is 10.6 Å². The fraction of sp³-hybridized carbons (Fsp3) is 0.500. The summed E-state index contributed by atoms with van der Waals surface area (Å²) < 4.78 is 0. The number of nitrogen functional groups attached to an aromatic ring is 1.